The van der Waals surface area contributed by atoms with Crippen molar-refractivity contribution >= 4 is 17.3 Å². The first-order valence-electron chi connectivity index (χ1n) is 14.0. The highest BCUT2D eigenvalue weighted by atomic mass is 15.0. The minimum Gasteiger partial charge on any atom is -0.238 e. The summed E-state index contributed by atoms with van der Waals surface area (Å²) in [5.74, 6) is 1.95. The van der Waals surface area contributed by atoms with Crippen LogP contribution in [0, 0.1) is 6.57 Å². The van der Waals surface area contributed by atoms with Gasteiger partial charge in [0.1, 0.15) is 0 Å². The van der Waals surface area contributed by atoms with Crippen LogP contribution in [0.2, 0.25) is 0 Å². The van der Waals surface area contributed by atoms with E-state index in [9.17, 15) is 0 Å². The molecule has 5 aromatic carbocycles. The lowest BCUT2D eigenvalue weighted by molar-refractivity contribution is 1.07. The summed E-state index contributed by atoms with van der Waals surface area (Å²) in [6, 6.07) is 43.1. The average molecular weight is 539 g/mol. The number of benzene rings is 5. The van der Waals surface area contributed by atoms with Crippen LogP contribution in [0.15, 0.2) is 127 Å². The Morgan fingerprint density at radius 2 is 1.10 bits per heavy atom. The van der Waals surface area contributed by atoms with Crippen molar-refractivity contribution in [1.82, 2.24) is 15.0 Å². The van der Waals surface area contributed by atoms with Crippen LogP contribution in [0.3, 0.4) is 0 Å². The molecule has 7 rings (SSSR count). The Bertz CT molecular complexity index is 2020. The summed E-state index contributed by atoms with van der Waals surface area (Å²) in [7, 11) is 0. The summed E-state index contributed by atoms with van der Waals surface area (Å²) in [6.45, 7) is 7.33. The minimum absolute atomic E-state index is 0.647. The first-order valence-corrected chi connectivity index (χ1v) is 14.0. The number of hydrogen-bond donors (Lipinski definition) is 0. The highest BCUT2D eigenvalue weighted by Gasteiger charge is 2.15. The Labute approximate surface area is 244 Å². The molecule has 1 aliphatic carbocycles. The minimum atomic E-state index is 0.647. The van der Waals surface area contributed by atoms with E-state index in [2.05, 4.69) is 53.4 Å². The molecule has 0 N–H and O–H groups in total. The molecule has 0 amide bonds. The van der Waals surface area contributed by atoms with E-state index in [0.29, 0.717) is 23.2 Å². The van der Waals surface area contributed by atoms with Crippen molar-refractivity contribution in [2.24, 2.45) is 0 Å². The van der Waals surface area contributed by atoms with E-state index in [-0.39, 0.29) is 0 Å². The van der Waals surface area contributed by atoms with E-state index >= 15 is 0 Å². The predicted molar refractivity (Wildman–Crippen MR) is 170 cm³/mol. The Kier molecular flexibility index (Phi) is 6.68. The zero-order chi connectivity index (χ0) is 28.3. The Morgan fingerprint density at radius 3 is 1.74 bits per heavy atom. The van der Waals surface area contributed by atoms with Crippen LogP contribution < -0.4 is 10.4 Å². The summed E-state index contributed by atoms with van der Waals surface area (Å²) < 4.78 is 0. The Hall–Kier alpha value is -5.66. The third-order valence-electron chi connectivity index (χ3n) is 7.63. The lowest BCUT2D eigenvalue weighted by Gasteiger charge is -2.16. The second-order valence-electron chi connectivity index (χ2n) is 10.3. The molecule has 0 fully saturated rings. The topological polar surface area (TPSA) is 43.0 Å². The molecule has 6 aromatic rings. The van der Waals surface area contributed by atoms with E-state index in [1.54, 1.807) is 0 Å². The molecule has 0 aliphatic heterocycles. The molecule has 0 saturated heterocycles. The molecule has 0 bridgehead atoms. The summed E-state index contributed by atoms with van der Waals surface area (Å²) in [6.07, 6.45) is 4.24. The van der Waals surface area contributed by atoms with Gasteiger partial charge in [-0.1, -0.05) is 127 Å². The highest BCUT2D eigenvalue weighted by molar-refractivity contribution is 5.78. The van der Waals surface area contributed by atoms with E-state index in [1.807, 2.05) is 84.9 Å². The van der Waals surface area contributed by atoms with Crippen molar-refractivity contribution in [3.8, 4) is 45.3 Å². The molecule has 0 saturated carbocycles. The average Bonchev–Trinajstić information content (AvgIpc) is 3.08. The van der Waals surface area contributed by atoms with E-state index in [0.717, 1.165) is 40.7 Å². The van der Waals surface area contributed by atoms with Crippen molar-refractivity contribution in [1.29, 1.82) is 0 Å². The largest absolute Gasteiger partial charge is 0.238 e. The molecule has 4 heteroatoms. The maximum atomic E-state index is 7.33. The SMILES string of the molecule is [C-]#[N+]c1ccc(-c2cccc3c2=C(c2cccc(-c4nc(-c5ccccc5)nc(-c5ccccc5)n4)c2)CCC=3)cc1. The zero-order valence-electron chi connectivity index (χ0n) is 22.9. The molecular weight excluding hydrogens is 512 g/mol. The summed E-state index contributed by atoms with van der Waals surface area (Å²) in [4.78, 5) is 18.3. The first kappa shape index (κ1) is 25.3. The summed E-state index contributed by atoms with van der Waals surface area (Å²) >= 11 is 0. The van der Waals surface area contributed by atoms with E-state index in [1.165, 1.54) is 21.6 Å². The first-order chi connectivity index (χ1) is 20.8. The van der Waals surface area contributed by atoms with Crippen molar-refractivity contribution in [3.63, 3.8) is 0 Å². The fraction of sp³-hybridized carbons (Fsp3) is 0.0526. The smallest absolute Gasteiger partial charge is 0.187 e. The molecular formula is C38H26N4. The van der Waals surface area contributed by atoms with Crippen LogP contribution in [0.25, 0.3) is 61.8 Å². The quantitative estimate of drug-likeness (QED) is 0.210. The number of aromatic nitrogens is 3. The zero-order valence-corrected chi connectivity index (χ0v) is 22.9. The second kappa shape index (κ2) is 11.1. The van der Waals surface area contributed by atoms with Crippen LogP contribution in [-0.4, -0.2) is 15.0 Å². The van der Waals surface area contributed by atoms with Crippen molar-refractivity contribution < 1.29 is 0 Å². The van der Waals surface area contributed by atoms with Gasteiger partial charge in [-0.2, -0.15) is 0 Å². The second-order valence-corrected chi connectivity index (χ2v) is 10.3. The third-order valence-corrected chi connectivity index (χ3v) is 7.63. The molecule has 1 heterocycles. The monoisotopic (exact) mass is 538 g/mol. The molecule has 0 radical (unpaired) electrons. The van der Waals surface area contributed by atoms with Gasteiger partial charge in [-0.25, -0.2) is 19.8 Å². The maximum absolute atomic E-state index is 7.33. The van der Waals surface area contributed by atoms with Crippen LogP contribution in [0.5, 0.6) is 0 Å². The van der Waals surface area contributed by atoms with Gasteiger partial charge in [-0.3, -0.25) is 0 Å². The number of hydrogen-bond acceptors (Lipinski definition) is 3. The lowest BCUT2D eigenvalue weighted by Crippen LogP contribution is -2.31. The van der Waals surface area contributed by atoms with Gasteiger partial charge in [0, 0.05) is 16.7 Å². The number of nitrogens with zero attached hydrogens (tertiary/aromatic N) is 4. The highest BCUT2D eigenvalue weighted by Crippen LogP contribution is 2.29. The van der Waals surface area contributed by atoms with E-state index < -0.39 is 0 Å². The summed E-state index contributed by atoms with van der Waals surface area (Å²) in [5, 5.41) is 2.49. The van der Waals surface area contributed by atoms with E-state index in [4.69, 9.17) is 21.5 Å². The van der Waals surface area contributed by atoms with Crippen molar-refractivity contribution in [2.75, 3.05) is 0 Å². The number of rotatable bonds is 5. The van der Waals surface area contributed by atoms with Crippen LogP contribution in [0.4, 0.5) is 5.69 Å². The summed E-state index contributed by atoms with van der Waals surface area (Å²) in [5.41, 5.74) is 8.26. The van der Waals surface area contributed by atoms with Crippen LogP contribution in [0.1, 0.15) is 18.4 Å². The predicted octanol–water partition coefficient (Wildman–Crippen LogP) is 7.86. The maximum Gasteiger partial charge on any atom is 0.187 e. The lowest BCUT2D eigenvalue weighted by atomic mass is 9.88. The molecule has 42 heavy (non-hydrogen) atoms. The van der Waals surface area contributed by atoms with Crippen LogP contribution in [-0.2, 0) is 0 Å². The van der Waals surface area contributed by atoms with Crippen LogP contribution >= 0.6 is 0 Å². The van der Waals surface area contributed by atoms with Gasteiger partial charge in [0.2, 0.25) is 0 Å². The molecule has 1 aromatic heterocycles. The molecule has 0 spiro atoms. The molecule has 198 valence electrons. The van der Waals surface area contributed by atoms with Gasteiger partial charge in [-0.15, -0.1) is 0 Å². The normalized spacial score (nSPS) is 12.2. The van der Waals surface area contributed by atoms with Gasteiger partial charge in [0.15, 0.2) is 23.2 Å². The molecule has 1 aliphatic rings. The molecule has 0 unspecified atom stereocenters. The van der Waals surface area contributed by atoms with Gasteiger partial charge in [0.25, 0.3) is 0 Å². The fourth-order valence-electron chi connectivity index (χ4n) is 5.60. The standard InChI is InChI=1S/C38H26N4/c1-39-32-23-21-26(22-24-32)33-19-9-15-27-16-10-20-34(35(27)33)30-17-8-18-31(25-30)38-41-36(28-11-4-2-5-12-28)40-37(42-38)29-13-6-3-7-14-29/h2-9,11-19,21-25H,10,20H2. The third kappa shape index (κ3) is 4.89. The van der Waals surface area contributed by atoms with Gasteiger partial charge < -0.3 is 0 Å². The number of fused-ring (bicyclic) bond motifs is 1. The molecule has 0 atom stereocenters. The van der Waals surface area contributed by atoms with Gasteiger partial charge >= 0.3 is 0 Å². The fourth-order valence-corrected chi connectivity index (χ4v) is 5.60. The van der Waals surface area contributed by atoms with Crippen molar-refractivity contribution in [2.45, 2.75) is 12.8 Å². The Balaban J connectivity index is 1.40. The van der Waals surface area contributed by atoms with Crippen molar-refractivity contribution in [3.05, 3.63) is 155 Å². The molecule has 4 nitrogen and oxygen atoms in total. The van der Waals surface area contributed by atoms with Gasteiger partial charge in [0.05, 0.1) is 6.57 Å². The van der Waals surface area contributed by atoms with Gasteiger partial charge in [-0.05, 0) is 51.6 Å². The Morgan fingerprint density at radius 1 is 0.524 bits per heavy atom.